The van der Waals surface area contributed by atoms with E-state index in [1.165, 1.54) is 27.5 Å². The zero-order valence-electron chi connectivity index (χ0n) is 10.7. The maximum absolute atomic E-state index is 2.34. The van der Waals surface area contributed by atoms with Crippen LogP contribution in [-0.2, 0) is 19.3 Å². The van der Waals surface area contributed by atoms with E-state index < -0.39 is 0 Å². The normalized spacial score (nSPS) is 17.3. The van der Waals surface area contributed by atoms with E-state index in [9.17, 15) is 0 Å². The van der Waals surface area contributed by atoms with Crippen LogP contribution in [0.4, 0.5) is 0 Å². The van der Waals surface area contributed by atoms with Crippen LogP contribution in [0, 0.1) is 0 Å². The minimum absolute atomic E-state index is 1.10. The van der Waals surface area contributed by atoms with Gasteiger partial charge < -0.3 is 0 Å². The molecule has 3 aliphatic carbocycles. The molecule has 0 saturated carbocycles. The highest BCUT2D eigenvalue weighted by molar-refractivity contribution is 6.03. The zero-order valence-corrected chi connectivity index (χ0v) is 10.7. The van der Waals surface area contributed by atoms with Crippen LogP contribution in [0.2, 0.25) is 0 Å². The van der Waals surface area contributed by atoms with Crippen molar-refractivity contribution >= 4 is 29.0 Å². The van der Waals surface area contributed by atoms with Crippen LogP contribution in [0.25, 0.3) is 29.0 Å². The topological polar surface area (TPSA) is 0 Å². The molecule has 0 radical (unpaired) electrons. The van der Waals surface area contributed by atoms with E-state index in [0.29, 0.717) is 0 Å². The molecule has 0 saturated heterocycles. The Bertz CT molecular complexity index is 829. The van der Waals surface area contributed by atoms with Gasteiger partial charge in [-0.15, -0.1) is 0 Å². The second-order valence-corrected chi connectivity index (χ2v) is 5.66. The Morgan fingerprint density at radius 3 is 2.32 bits per heavy atom. The first-order chi connectivity index (χ1) is 9.43. The molecule has 0 fully saturated rings. The van der Waals surface area contributed by atoms with Gasteiger partial charge in [0.15, 0.2) is 0 Å². The number of hydrogen-bond donors (Lipinski definition) is 0. The second kappa shape index (κ2) is 3.27. The second-order valence-electron chi connectivity index (χ2n) is 5.66. The third-order valence-corrected chi connectivity index (χ3v) is 4.75. The summed E-state index contributed by atoms with van der Waals surface area (Å²) in [5.41, 5.74) is 9.05. The van der Waals surface area contributed by atoms with E-state index in [0.717, 1.165) is 19.3 Å². The quantitative estimate of drug-likeness (QED) is 0.636. The lowest BCUT2D eigenvalue weighted by Crippen LogP contribution is -1.98. The van der Waals surface area contributed by atoms with E-state index in [1.54, 1.807) is 16.7 Å². The SMILES string of the molecule is C1=Cc2c(c3c(c4c5c(ccc24)C=CC5)CC=C3)C1. The van der Waals surface area contributed by atoms with Gasteiger partial charge in [0.25, 0.3) is 0 Å². The summed E-state index contributed by atoms with van der Waals surface area (Å²) in [5.74, 6) is 0. The Morgan fingerprint density at radius 2 is 1.37 bits per heavy atom. The molecule has 0 heteroatoms. The van der Waals surface area contributed by atoms with Gasteiger partial charge in [0.05, 0.1) is 0 Å². The molecular weight excluding hydrogens is 228 g/mol. The molecule has 2 aromatic carbocycles. The van der Waals surface area contributed by atoms with Gasteiger partial charge in [0.1, 0.15) is 0 Å². The summed E-state index contributed by atoms with van der Waals surface area (Å²) in [7, 11) is 0. The van der Waals surface area contributed by atoms with Gasteiger partial charge in [-0.25, -0.2) is 0 Å². The largest absolute Gasteiger partial charge is 0.0795 e. The fraction of sp³-hybridized carbons (Fsp3) is 0.158. The summed E-state index contributed by atoms with van der Waals surface area (Å²) in [6.45, 7) is 0. The molecule has 0 atom stereocenters. The molecule has 0 unspecified atom stereocenters. The third kappa shape index (κ3) is 1.10. The van der Waals surface area contributed by atoms with E-state index in [1.807, 2.05) is 0 Å². The Morgan fingerprint density at radius 1 is 0.632 bits per heavy atom. The number of fused-ring (bicyclic) bond motifs is 8. The molecule has 0 bridgehead atoms. The van der Waals surface area contributed by atoms with Gasteiger partial charge in [-0.05, 0) is 63.4 Å². The fourth-order valence-corrected chi connectivity index (χ4v) is 3.95. The van der Waals surface area contributed by atoms with Gasteiger partial charge >= 0.3 is 0 Å². The van der Waals surface area contributed by atoms with Crippen LogP contribution in [0.5, 0.6) is 0 Å². The zero-order chi connectivity index (χ0) is 12.4. The number of hydrogen-bond acceptors (Lipinski definition) is 0. The molecule has 3 aliphatic rings. The van der Waals surface area contributed by atoms with Crippen molar-refractivity contribution in [1.82, 2.24) is 0 Å². The molecule has 0 heterocycles. The van der Waals surface area contributed by atoms with E-state index in [-0.39, 0.29) is 0 Å². The molecule has 0 aliphatic heterocycles. The molecule has 0 nitrogen and oxygen atoms in total. The van der Waals surface area contributed by atoms with Gasteiger partial charge in [0, 0.05) is 0 Å². The van der Waals surface area contributed by atoms with Crippen molar-refractivity contribution in [2.24, 2.45) is 0 Å². The average Bonchev–Trinajstić information content (AvgIpc) is 3.17. The summed E-state index contributed by atoms with van der Waals surface area (Å²) in [5, 5.41) is 3.00. The fourth-order valence-electron chi connectivity index (χ4n) is 3.95. The third-order valence-electron chi connectivity index (χ3n) is 4.75. The van der Waals surface area contributed by atoms with Crippen molar-refractivity contribution < 1.29 is 0 Å². The molecule has 5 rings (SSSR count). The van der Waals surface area contributed by atoms with Crippen molar-refractivity contribution in [1.29, 1.82) is 0 Å². The predicted octanol–water partition coefficient (Wildman–Crippen LogP) is 4.55. The van der Waals surface area contributed by atoms with E-state index in [4.69, 9.17) is 0 Å². The monoisotopic (exact) mass is 242 g/mol. The number of benzene rings is 2. The van der Waals surface area contributed by atoms with Crippen molar-refractivity contribution in [2.75, 3.05) is 0 Å². The van der Waals surface area contributed by atoms with Crippen LogP contribution < -0.4 is 0 Å². The molecule has 0 N–H and O–H groups in total. The highest BCUT2D eigenvalue weighted by Crippen LogP contribution is 2.42. The Hall–Kier alpha value is -2.08. The minimum Gasteiger partial charge on any atom is -0.0795 e. The van der Waals surface area contributed by atoms with Crippen molar-refractivity contribution in [3.63, 3.8) is 0 Å². The number of allylic oxidation sites excluding steroid dienone is 3. The van der Waals surface area contributed by atoms with Crippen LogP contribution in [0.15, 0.2) is 30.4 Å². The lowest BCUT2D eigenvalue weighted by atomic mass is 9.87. The van der Waals surface area contributed by atoms with E-state index in [2.05, 4.69) is 48.6 Å². The van der Waals surface area contributed by atoms with Crippen molar-refractivity contribution in [3.8, 4) is 0 Å². The molecular formula is C19H14. The van der Waals surface area contributed by atoms with Crippen LogP contribution in [0.1, 0.15) is 33.4 Å². The Kier molecular flexibility index (Phi) is 1.69. The van der Waals surface area contributed by atoms with Gasteiger partial charge in [-0.1, -0.05) is 48.6 Å². The summed E-state index contributed by atoms with van der Waals surface area (Å²) < 4.78 is 0. The molecule has 2 aromatic rings. The lowest BCUT2D eigenvalue weighted by Gasteiger charge is -2.16. The molecule has 90 valence electrons. The summed E-state index contributed by atoms with van der Waals surface area (Å²) in [6, 6.07) is 4.62. The minimum atomic E-state index is 1.10. The molecule has 0 aromatic heterocycles. The van der Waals surface area contributed by atoms with Crippen LogP contribution in [-0.4, -0.2) is 0 Å². The first-order valence-corrected chi connectivity index (χ1v) is 7.06. The Balaban J connectivity index is 2.04. The molecule has 0 amide bonds. The Labute approximate surface area is 112 Å². The predicted molar refractivity (Wildman–Crippen MR) is 82.2 cm³/mol. The first-order valence-electron chi connectivity index (χ1n) is 7.06. The van der Waals surface area contributed by atoms with E-state index >= 15 is 0 Å². The summed E-state index contributed by atoms with van der Waals surface area (Å²) in [6.07, 6.45) is 17.2. The van der Waals surface area contributed by atoms with Crippen molar-refractivity contribution in [3.05, 3.63) is 63.7 Å². The van der Waals surface area contributed by atoms with Gasteiger partial charge in [-0.2, -0.15) is 0 Å². The van der Waals surface area contributed by atoms with Crippen LogP contribution in [0.3, 0.4) is 0 Å². The highest BCUT2D eigenvalue weighted by Gasteiger charge is 2.23. The maximum Gasteiger partial charge on any atom is -0.00818 e. The first kappa shape index (κ1) is 9.80. The van der Waals surface area contributed by atoms with Crippen LogP contribution >= 0.6 is 0 Å². The highest BCUT2D eigenvalue weighted by atomic mass is 14.3. The standard InChI is InChI=1S/C19H14/c1-4-12-10-11-18-16-7-2-6-14(16)15-8-3-9-17(15)19(18)13(12)5-1/h1-4,7-8,10-11H,5-6,9H2. The van der Waals surface area contributed by atoms with Gasteiger partial charge in [0.2, 0.25) is 0 Å². The summed E-state index contributed by atoms with van der Waals surface area (Å²) in [4.78, 5) is 0. The smallest absolute Gasteiger partial charge is 0.00818 e. The van der Waals surface area contributed by atoms with Gasteiger partial charge in [-0.3, -0.25) is 0 Å². The molecule has 19 heavy (non-hydrogen) atoms. The molecule has 0 spiro atoms. The number of rotatable bonds is 0. The maximum atomic E-state index is 2.34. The summed E-state index contributed by atoms with van der Waals surface area (Å²) >= 11 is 0. The average molecular weight is 242 g/mol. The van der Waals surface area contributed by atoms with Crippen molar-refractivity contribution in [2.45, 2.75) is 19.3 Å². The lowest BCUT2D eigenvalue weighted by molar-refractivity contribution is 1.24.